The molecule has 3 aliphatic heterocycles. The summed E-state index contributed by atoms with van der Waals surface area (Å²) in [6.45, 7) is 7.46. The minimum Gasteiger partial charge on any atom is -0.378 e. The number of fused-ring (bicyclic) bond motifs is 1. The quantitative estimate of drug-likeness (QED) is 0.438. The van der Waals surface area contributed by atoms with Crippen molar-refractivity contribution >= 4 is 12.2 Å². The van der Waals surface area contributed by atoms with Crippen LogP contribution in [0.25, 0.3) is 0 Å². The molecule has 2 fully saturated rings. The van der Waals surface area contributed by atoms with Gasteiger partial charge in [-0.3, -0.25) is 9.69 Å². The van der Waals surface area contributed by atoms with Gasteiger partial charge in [-0.1, -0.05) is 36.4 Å². The number of unbranched alkanes of at least 4 members (excludes halogenated alkanes) is 1. The van der Waals surface area contributed by atoms with Crippen LogP contribution in [0.2, 0.25) is 0 Å². The Morgan fingerprint density at radius 3 is 2.68 bits per heavy atom. The Balaban J connectivity index is 1.34. The number of rotatable bonds is 8. The molecule has 0 spiro atoms. The molecular weight excluding hydrogens is 462 g/mol. The Morgan fingerprint density at radius 1 is 1.03 bits per heavy atom. The monoisotopic (exact) mass is 503 g/mol. The van der Waals surface area contributed by atoms with Crippen molar-refractivity contribution in [1.29, 1.82) is 0 Å². The Labute approximate surface area is 221 Å². The molecule has 198 valence electrons. The molecule has 1 amide bonds. The van der Waals surface area contributed by atoms with E-state index >= 15 is 0 Å². The average Bonchev–Trinajstić information content (AvgIpc) is 3.19. The van der Waals surface area contributed by atoms with E-state index in [0.29, 0.717) is 44.6 Å². The normalized spacial score (nSPS) is 22.8. The summed E-state index contributed by atoms with van der Waals surface area (Å²) in [5.74, 6) is 1.16. The van der Waals surface area contributed by atoms with Crippen molar-refractivity contribution < 1.29 is 14.3 Å². The van der Waals surface area contributed by atoms with Gasteiger partial charge in [-0.15, -0.1) is 0 Å². The van der Waals surface area contributed by atoms with Gasteiger partial charge in [0.05, 0.1) is 13.2 Å². The number of amides is 1. The maximum absolute atomic E-state index is 13.3. The number of aldehydes is 1. The second-order valence-corrected chi connectivity index (χ2v) is 10.8. The van der Waals surface area contributed by atoms with E-state index in [4.69, 9.17) is 4.74 Å². The van der Waals surface area contributed by atoms with Gasteiger partial charge < -0.3 is 19.7 Å². The zero-order valence-electron chi connectivity index (χ0n) is 22.0. The van der Waals surface area contributed by atoms with Crippen LogP contribution in [0, 0.1) is 5.92 Å². The summed E-state index contributed by atoms with van der Waals surface area (Å²) in [6.07, 6.45) is 7.09. The number of benzene rings is 2. The summed E-state index contributed by atoms with van der Waals surface area (Å²) in [6, 6.07) is 15.3. The molecule has 2 aromatic rings. The number of piperidine rings is 1. The molecule has 2 atom stereocenters. The van der Waals surface area contributed by atoms with Crippen molar-refractivity contribution in [2.75, 3.05) is 52.5 Å². The van der Waals surface area contributed by atoms with Crippen molar-refractivity contribution in [2.24, 2.45) is 5.92 Å². The zero-order chi connectivity index (χ0) is 25.5. The molecule has 0 bridgehead atoms. The average molecular weight is 504 g/mol. The predicted octanol–water partition coefficient (Wildman–Crippen LogP) is 3.82. The predicted molar refractivity (Wildman–Crippen MR) is 146 cm³/mol. The summed E-state index contributed by atoms with van der Waals surface area (Å²) in [7, 11) is 0. The standard InChI is InChI=1S/C31H41N3O3/c35-18-4-3-5-25-12-15-33(23-30(25)27-9-8-24-10-13-32-14-11-26(24)21-27)22-28-6-1-2-7-29(28)31(36)34-16-19-37-20-17-34/h1-2,6-9,18,21,25,30,32H,3-5,10-17,19-20,22-23H2. The topological polar surface area (TPSA) is 61.9 Å². The molecule has 37 heavy (non-hydrogen) atoms. The number of carbonyl (C=O) groups excluding carboxylic acids is 2. The van der Waals surface area contributed by atoms with E-state index in [9.17, 15) is 9.59 Å². The van der Waals surface area contributed by atoms with Gasteiger partial charge in [-0.05, 0) is 91.9 Å². The highest BCUT2D eigenvalue weighted by Crippen LogP contribution is 2.37. The molecule has 0 radical (unpaired) electrons. The molecule has 5 rings (SSSR count). The van der Waals surface area contributed by atoms with Gasteiger partial charge in [-0.25, -0.2) is 0 Å². The van der Waals surface area contributed by atoms with Crippen LogP contribution in [0.3, 0.4) is 0 Å². The maximum Gasteiger partial charge on any atom is 0.254 e. The maximum atomic E-state index is 13.3. The van der Waals surface area contributed by atoms with Gasteiger partial charge in [0.1, 0.15) is 6.29 Å². The smallest absolute Gasteiger partial charge is 0.254 e. The molecule has 6 heteroatoms. The van der Waals surface area contributed by atoms with Gasteiger partial charge in [-0.2, -0.15) is 0 Å². The molecule has 0 saturated carbocycles. The van der Waals surface area contributed by atoms with Gasteiger partial charge in [0.25, 0.3) is 5.91 Å². The van der Waals surface area contributed by atoms with Crippen LogP contribution in [0.1, 0.15) is 64.2 Å². The number of nitrogens with zero attached hydrogens (tertiary/aromatic N) is 2. The zero-order valence-corrected chi connectivity index (χ0v) is 22.0. The lowest BCUT2D eigenvalue weighted by Gasteiger charge is -2.39. The largest absolute Gasteiger partial charge is 0.378 e. The molecule has 6 nitrogen and oxygen atoms in total. The van der Waals surface area contributed by atoms with Gasteiger partial charge in [0, 0.05) is 38.2 Å². The van der Waals surface area contributed by atoms with Gasteiger partial charge in [0.15, 0.2) is 0 Å². The highest BCUT2D eigenvalue weighted by Gasteiger charge is 2.31. The fourth-order valence-electron chi connectivity index (χ4n) is 6.37. The summed E-state index contributed by atoms with van der Waals surface area (Å²) in [5.41, 5.74) is 6.36. The van der Waals surface area contributed by atoms with Crippen LogP contribution >= 0.6 is 0 Å². The molecule has 0 aliphatic carbocycles. The van der Waals surface area contributed by atoms with Crippen LogP contribution in [0.4, 0.5) is 0 Å². The van der Waals surface area contributed by atoms with E-state index in [0.717, 1.165) is 82.2 Å². The first-order valence-corrected chi connectivity index (χ1v) is 14.2. The molecule has 1 N–H and O–H groups in total. The van der Waals surface area contributed by atoms with Crippen LogP contribution < -0.4 is 5.32 Å². The third-order valence-corrected chi connectivity index (χ3v) is 8.48. The number of carbonyl (C=O) groups is 2. The first-order valence-electron chi connectivity index (χ1n) is 14.2. The molecule has 2 saturated heterocycles. The number of hydrogen-bond donors (Lipinski definition) is 1. The van der Waals surface area contributed by atoms with E-state index in [1.165, 1.54) is 16.7 Å². The Hall–Kier alpha value is -2.54. The number of morpholine rings is 1. The number of nitrogens with one attached hydrogen (secondary N) is 1. The number of ether oxygens (including phenoxy) is 1. The summed E-state index contributed by atoms with van der Waals surface area (Å²) < 4.78 is 5.45. The fourth-order valence-corrected chi connectivity index (χ4v) is 6.37. The Kier molecular flexibility index (Phi) is 9.03. The van der Waals surface area contributed by atoms with Crippen molar-refractivity contribution in [3.63, 3.8) is 0 Å². The lowest BCUT2D eigenvalue weighted by Crippen LogP contribution is -2.42. The number of likely N-dealkylation sites (tertiary alicyclic amines) is 1. The lowest BCUT2D eigenvalue weighted by molar-refractivity contribution is -0.108. The summed E-state index contributed by atoms with van der Waals surface area (Å²) in [4.78, 5) is 28.8. The lowest BCUT2D eigenvalue weighted by atomic mass is 9.77. The van der Waals surface area contributed by atoms with Crippen LogP contribution in [-0.4, -0.2) is 74.5 Å². The van der Waals surface area contributed by atoms with Crippen LogP contribution in [0.5, 0.6) is 0 Å². The van der Waals surface area contributed by atoms with E-state index in [1.807, 2.05) is 17.0 Å². The van der Waals surface area contributed by atoms with E-state index in [2.05, 4.69) is 40.5 Å². The van der Waals surface area contributed by atoms with Crippen molar-refractivity contribution in [1.82, 2.24) is 15.1 Å². The third-order valence-electron chi connectivity index (χ3n) is 8.48. The van der Waals surface area contributed by atoms with Crippen LogP contribution in [-0.2, 0) is 28.9 Å². The first-order chi connectivity index (χ1) is 18.2. The summed E-state index contributed by atoms with van der Waals surface area (Å²) >= 11 is 0. The third kappa shape index (κ3) is 6.49. The van der Waals surface area contributed by atoms with Gasteiger partial charge in [0.2, 0.25) is 0 Å². The number of hydrogen-bond acceptors (Lipinski definition) is 5. The molecule has 2 unspecified atom stereocenters. The van der Waals surface area contributed by atoms with E-state index in [1.54, 1.807) is 0 Å². The van der Waals surface area contributed by atoms with Crippen LogP contribution in [0.15, 0.2) is 42.5 Å². The molecular formula is C31H41N3O3. The second kappa shape index (κ2) is 12.8. The molecule has 2 aromatic carbocycles. The second-order valence-electron chi connectivity index (χ2n) is 10.8. The highest BCUT2D eigenvalue weighted by atomic mass is 16.5. The van der Waals surface area contributed by atoms with E-state index < -0.39 is 0 Å². The van der Waals surface area contributed by atoms with Gasteiger partial charge >= 0.3 is 0 Å². The minimum absolute atomic E-state index is 0.124. The Bertz CT molecular complexity index is 1070. The van der Waals surface area contributed by atoms with Crippen molar-refractivity contribution in [2.45, 2.75) is 51.0 Å². The summed E-state index contributed by atoms with van der Waals surface area (Å²) in [5, 5.41) is 3.53. The van der Waals surface area contributed by atoms with Crippen molar-refractivity contribution in [3.05, 3.63) is 70.3 Å². The molecule has 0 aromatic heterocycles. The molecule has 3 heterocycles. The highest BCUT2D eigenvalue weighted by molar-refractivity contribution is 5.95. The molecule has 3 aliphatic rings. The van der Waals surface area contributed by atoms with Crippen molar-refractivity contribution in [3.8, 4) is 0 Å². The Morgan fingerprint density at radius 2 is 1.84 bits per heavy atom. The minimum atomic E-state index is 0.124. The first kappa shape index (κ1) is 26.1. The fraction of sp³-hybridized carbons (Fsp3) is 0.548. The SMILES string of the molecule is O=CCCCC1CCN(Cc2ccccc2C(=O)N2CCOCC2)CC1c1ccc2c(c1)CCNCC2. The van der Waals surface area contributed by atoms with E-state index in [-0.39, 0.29) is 5.91 Å².